The molecule has 0 aliphatic heterocycles. The molecule has 0 radical (unpaired) electrons. The van der Waals surface area contributed by atoms with Gasteiger partial charge < -0.3 is 10.6 Å². The Hall–Kier alpha value is -1.08. The molecule has 1 amide bonds. The third-order valence-corrected chi connectivity index (χ3v) is 1.01. The molecule has 0 saturated heterocycles. The van der Waals surface area contributed by atoms with Crippen LogP contribution in [-0.2, 0) is 4.79 Å². The first-order chi connectivity index (χ1) is 4.81. The third-order valence-electron chi connectivity index (χ3n) is 1.01. The summed E-state index contributed by atoms with van der Waals surface area (Å²) in [6.07, 6.45) is 0.429. The Kier molecular flexibility index (Phi) is 5.39. The van der Waals surface area contributed by atoms with Gasteiger partial charge in [0.05, 0.1) is 12.6 Å². The molecule has 0 rings (SSSR count). The van der Waals surface area contributed by atoms with E-state index in [2.05, 4.69) is 10.6 Å². The maximum atomic E-state index is 10.5. The number of hydrogen-bond donors (Lipinski definition) is 2. The van der Waals surface area contributed by atoms with E-state index in [0.717, 1.165) is 0 Å². The standard InChI is InChI=1S/C6H11N3O/c1-8-6(10)2-4-9-5-3-7/h9H,2,4-5H2,1H3,(H,8,10). The number of carbonyl (C=O) groups excluding carboxylic acids is 1. The van der Waals surface area contributed by atoms with E-state index in [9.17, 15) is 4.79 Å². The van der Waals surface area contributed by atoms with Crippen LogP contribution in [0.2, 0.25) is 0 Å². The molecule has 0 aliphatic rings. The first kappa shape index (κ1) is 8.92. The van der Waals surface area contributed by atoms with Crippen LogP contribution in [0.15, 0.2) is 0 Å². The van der Waals surface area contributed by atoms with E-state index in [1.807, 2.05) is 6.07 Å². The minimum Gasteiger partial charge on any atom is -0.359 e. The van der Waals surface area contributed by atoms with Crippen molar-refractivity contribution in [1.82, 2.24) is 10.6 Å². The number of nitrogens with zero attached hydrogens (tertiary/aromatic N) is 1. The molecule has 10 heavy (non-hydrogen) atoms. The van der Waals surface area contributed by atoms with Gasteiger partial charge >= 0.3 is 0 Å². The number of hydrogen-bond acceptors (Lipinski definition) is 3. The summed E-state index contributed by atoms with van der Waals surface area (Å²) in [4.78, 5) is 10.5. The lowest BCUT2D eigenvalue weighted by Crippen LogP contribution is -2.24. The van der Waals surface area contributed by atoms with Gasteiger partial charge in [0.2, 0.25) is 5.91 Å². The summed E-state index contributed by atoms with van der Waals surface area (Å²) in [5.74, 6) is -0.00885. The number of amides is 1. The number of rotatable bonds is 4. The molecule has 0 saturated carbocycles. The SMILES string of the molecule is CNC(=O)CCNCC#N. The predicted octanol–water partition coefficient (Wildman–Crippen LogP) is -0.764. The van der Waals surface area contributed by atoms with Crippen LogP contribution in [0.3, 0.4) is 0 Å². The number of nitriles is 1. The lowest BCUT2D eigenvalue weighted by Gasteiger charge is -1.97. The second-order valence-electron chi connectivity index (χ2n) is 1.76. The summed E-state index contributed by atoms with van der Waals surface area (Å²) in [6.45, 7) is 0.865. The van der Waals surface area contributed by atoms with Gasteiger partial charge in [-0.3, -0.25) is 4.79 Å². The van der Waals surface area contributed by atoms with E-state index in [1.165, 1.54) is 0 Å². The highest BCUT2D eigenvalue weighted by molar-refractivity contribution is 5.75. The van der Waals surface area contributed by atoms with Gasteiger partial charge in [-0.15, -0.1) is 0 Å². The monoisotopic (exact) mass is 141 g/mol. The second-order valence-corrected chi connectivity index (χ2v) is 1.76. The van der Waals surface area contributed by atoms with Crippen molar-refractivity contribution >= 4 is 5.91 Å². The number of nitrogens with one attached hydrogen (secondary N) is 2. The molecule has 0 spiro atoms. The molecular weight excluding hydrogens is 130 g/mol. The van der Waals surface area contributed by atoms with Crippen LogP contribution >= 0.6 is 0 Å². The van der Waals surface area contributed by atoms with Gasteiger partial charge in [-0.2, -0.15) is 5.26 Å². The van der Waals surface area contributed by atoms with Gasteiger partial charge in [-0.1, -0.05) is 0 Å². The van der Waals surface area contributed by atoms with Crippen molar-refractivity contribution < 1.29 is 4.79 Å². The lowest BCUT2D eigenvalue weighted by molar-refractivity contribution is -0.120. The summed E-state index contributed by atoms with van der Waals surface area (Å²) in [7, 11) is 1.59. The fourth-order valence-electron chi connectivity index (χ4n) is 0.471. The quantitative estimate of drug-likeness (QED) is 0.399. The highest BCUT2D eigenvalue weighted by atomic mass is 16.1. The largest absolute Gasteiger partial charge is 0.359 e. The molecular formula is C6H11N3O. The van der Waals surface area contributed by atoms with Gasteiger partial charge in [-0.25, -0.2) is 0 Å². The van der Waals surface area contributed by atoms with Crippen LogP contribution in [0.4, 0.5) is 0 Å². The summed E-state index contributed by atoms with van der Waals surface area (Å²) < 4.78 is 0. The van der Waals surface area contributed by atoms with E-state index >= 15 is 0 Å². The smallest absolute Gasteiger partial charge is 0.221 e. The van der Waals surface area contributed by atoms with Crippen LogP contribution in [0, 0.1) is 11.3 Å². The zero-order chi connectivity index (χ0) is 7.82. The average molecular weight is 141 g/mol. The Morgan fingerprint density at radius 1 is 1.70 bits per heavy atom. The summed E-state index contributed by atoms with van der Waals surface area (Å²) in [5, 5.41) is 13.3. The molecule has 0 aromatic rings. The van der Waals surface area contributed by atoms with Gasteiger partial charge in [0.1, 0.15) is 0 Å². The van der Waals surface area contributed by atoms with Crippen molar-refractivity contribution in [2.75, 3.05) is 20.1 Å². The molecule has 0 unspecified atom stereocenters. The normalized spacial score (nSPS) is 8.40. The van der Waals surface area contributed by atoms with Crippen LogP contribution in [-0.4, -0.2) is 26.0 Å². The Bertz CT molecular complexity index is 138. The predicted molar refractivity (Wildman–Crippen MR) is 37.2 cm³/mol. The minimum absolute atomic E-state index is 0.00885. The summed E-state index contributed by atoms with van der Waals surface area (Å²) >= 11 is 0. The van der Waals surface area contributed by atoms with E-state index < -0.39 is 0 Å². The van der Waals surface area contributed by atoms with Crippen LogP contribution in [0.5, 0.6) is 0 Å². The lowest BCUT2D eigenvalue weighted by atomic mass is 10.4. The Labute approximate surface area is 60.2 Å². The van der Waals surface area contributed by atoms with Crippen LogP contribution in [0.25, 0.3) is 0 Å². The van der Waals surface area contributed by atoms with Crippen molar-refractivity contribution in [3.63, 3.8) is 0 Å². The Morgan fingerprint density at radius 2 is 2.40 bits per heavy atom. The zero-order valence-electron chi connectivity index (χ0n) is 5.98. The number of carbonyl (C=O) groups is 1. The van der Waals surface area contributed by atoms with Crippen molar-refractivity contribution in [2.45, 2.75) is 6.42 Å². The fourth-order valence-corrected chi connectivity index (χ4v) is 0.471. The van der Waals surface area contributed by atoms with Crippen LogP contribution < -0.4 is 10.6 Å². The average Bonchev–Trinajstić information content (AvgIpc) is 1.98. The van der Waals surface area contributed by atoms with Gasteiger partial charge in [0.25, 0.3) is 0 Å². The van der Waals surface area contributed by atoms with Crippen LogP contribution in [0.1, 0.15) is 6.42 Å². The van der Waals surface area contributed by atoms with E-state index in [0.29, 0.717) is 19.5 Å². The maximum Gasteiger partial charge on any atom is 0.221 e. The van der Waals surface area contributed by atoms with E-state index in [1.54, 1.807) is 7.05 Å². The van der Waals surface area contributed by atoms with E-state index in [-0.39, 0.29) is 5.91 Å². The third kappa shape index (κ3) is 5.06. The molecule has 0 aliphatic carbocycles. The molecule has 4 nitrogen and oxygen atoms in total. The first-order valence-corrected chi connectivity index (χ1v) is 3.09. The molecule has 56 valence electrons. The molecule has 4 heteroatoms. The van der Waals surface area contributed by atoms with Crippen molar-refractivity contribution in [3.8, 4) is 6.07 Å². The highest BCUT2D eigenvalue weighted by Gasteiger charge is 1.94. The molecule has 0 aromatic carbocycles. The molecule has 0 aromatic heterocycles. The maximum absolute atomic E-state index is 10.5. The molecule has 0 heterocycles. The fraction of sp³-hybridized carbons (Fsp3) is 0.667. The molecule has 0 fully saturated rings. The first-order valence-electron chi connectivity index (χ1n) is 3.09. The van der Waals surface area contributed by atoms with Crippen molar-refractivity contribution in [2.24, 2.45) is 0 Å². The minimum atomic E-state index is -0.00885. The van der Waals surface area contributed by atoms with E-state index in [4.69, 9.17) is 5.26 Å². The molecule has 2 N–H and O–H groups in total. The molecule has 0 bridgehead atoms. The zero-order valence-corrected chi connectivity index (χ0v) is 5.98. The Morgan fingerprint density at radius 3 is 2.90 bits per heavy atom. The van der Waals surface area contributed by atoms with Gasteiger partial charge in [0, 0.05) is 20.0 Å². The summed E-state index contributed by atoms with van der Waals surface area (Å²) in [6, 6.07) is 1.92. The molecule has 0 atom stereocenters. The van der Waals surface area contributed by atoms with Gasteiger partial charge in [0.15, 0.2) is 0 Å². The summed E-state index contributed by atoms with van der Waals surface area (Å²) in [5.41, 5.74) is 0. The van der Waals surface area contributed by atoms with Crippen molar-refractivity contribution in [3.05, 3.63) is 0 Å². The highest BCUT2D eigenvalue weighted by Crippen LogP contribution is 1.73. The topological polar surface area (TPSA) is 64.9 Å². The van der Waals surface area contributed by atoms with Gasteiger partial charge in [-0.05, 0) is 0 Å². The second kappa shape index (κ2) is 6.05. The van der Waals surface area contributed by atoms with Crippen molar-refractivity contribution in [1.29, 1.82) is 5.26 Å². The Balaban J connectivity index is 3.05.